The van der Waals surface area contributed by atoms with Crippen LogP contribution in [0.5, 0.6) is 0 Å². The molecule has 0 amide bonds. The van der Waals surface area contributed by atoms with Crippen LogP contribution in [0.4, 0.5) is 0 Å². The lowest BCUT2D eigenvalue weighted by Gasteiger charge is -2.17. The molecule has 0 heterocycles. The van der Waals surface area contributed by atoms with Crippen LogP contribution in [0, 0.1) is 0 Å². The summed E-state index contributed by atoms with van der Waals surface area (Å²) in [5.41, 5.74) is 12.4. The van der Waals surface area contributed by atoms with Crippen molar-refractivity contribution in [3.63, 3.8) is 0 Å². The van der Waals surface area contributed by atoms with Crippen molar-refractivity contribution in [2.45, 2.75) is 0 Å². The summed E-state index contributed by atoms with van der Waals surface area (Å²) in [5.74, 6) is 0. The van der Waals surface area contributed by atoms with Crippen LogP contribution in [0.1, 0.15) is 0 Å². The van der Waals surface area contributed by atoms with Gasteiger partial charge < -0.3 is 0 Å². The summed E-state index contributed by atoms with van der Waals surface area (Å²) in [6, 6.07) is 66.4. The van der Waals surface area contributed by atoms with E-state index in [0.29, 0.717) is 0 Å². The van der Waals surface area contributed by atoms with E-state index in [9.17, 15) is 0 Å². The first kappa shape index (κ1) is 26.4. The minimum atomic E-state index is 1.22. The fraction of sp³-hybridized carbons (Fsp3) is 0. The van der Waals surface area contributed by atoms with Crippen molar-refractivity contribution in [1.82, 2.24) is 0 Å². The molecule has 0 bridgehead atoms. The quantitative estimate of drug-likeness (QED) is 0.177. The van der Waals surface area contributed by atoms with Gasteiger partial charge >= 0.3 is 0 Å². The summed E-state index contributed by atoms with van der Waals surface area (Å²) >= 11 is 0. The van der Waals surface area contributed by atoms with Gasteiger partial charge in [0.2, 0.25) is 0 Å². The van der Waals surface area contributed by atoms with E-state index in [1.165, 1.54) is 88.0 Å². The average molecular weight is 583 g/mol. The monoisotopic (exact) mass is 582 g/mol. The maximum Gasteiger partial charge on any atom is -0.00203 e. The number of hydrogen-bond donors (Lipinski definition) is 0. The Morgan fingerprint density at radius 1 is 0.217 bits per heavy atom. The molecule has 9 aromatic carbocycles. The Hall–Kier alpha value is -5.98. The Morgan fingerprint density at radius 3 is 1.04 bits per heavy atom. The molecule has 0 aliphatic rings. The average Bonchev–Trinajstić information content (AvgIpc) is 3.14. The Morgan fingerprint density at radius 2 is 0.565 bits per heavy atom. The van der Waals surface area contributed by atoms with Crippen molar-refractivity contribution in [3.8, 4) is 55.6 Å². The van der Waals surface area contributed by atoms with Crippen LogP contribution in [-0.2, 0) is 0 Å². The second-order valence-electron chi connectivity index (χ2n) is 12.1. The molecule has 0 aliphatic carbocycles. The molecular formula is C46H30. The predicted octanol–water partition coefficient (Wildman–Crippen LogP) is 12.9. The first-order valence-electron chi connectivity index (χ1n) is 15.9. The van der Waals surface area contributed by atoms with Crippen LogP contribution in [0.25, 0.3) is 88.0 Å². The van der Waals surface area contributed by atoms with Gasteiger partial charge in [-0.15, -0.1) is 0 Å². The highest BCUT2D eigenvalue weighted by atomic mass is 14.2. The summed E-state index contributed by atoms with van der Waals surface area (Å²) < 4.78 is 0. The molecule has 0 aromatic heterocycles. The normalized spacial score (nSPS) is 11.5. The molecule has 0 N–H and O–H groups in total. The third-order valence-corrected chi connectivity index (χ3v) is 9.47. The van der Waals surface area contributed by atoms with E-state index >= 15 is 0 Å². The minimum Gasteiger partial charge on any atom is -0.0622 e. The number of rotatable bonds is 5. The zero-order chi connectivity index (χ0) is 30.5. The maximum absolute atomic E-state index is 2.31. The topological polar surface area (TPSA) is 0 Å². The lowest BCUT2D eigenvalue weighted by atomic mass is 9.87. The van der Waals surface area contributed by atoms with Gasteiger partial charge in [0, 0.05) is 0 Å². The molecule has 0 saturated carbocycles. The Bertz CT molecular complexity index is 2470. The highest BCUT2D eigenvalue weighted by Gasteiger charge is 2.15. The van der Waals surface area contributed by atoms with Gasteiger partial charge in [-0.25, -0.2) is 0 Å². The third kappa shape index (κ3) is 4.47. The van der Waals surface area contributed by atoms with E-state index in [-0.39, 0.29) is 0 Å². The van der Waals surface area contributed by atoms with Crippen LogP contribution in [-0.4, -0.2) is 0 Å². The van der Waals surface area contributed by atoms with Crippen LogP contribution >= 0.6 is 0 Å². The van der Waals surface area contributed by atoms with E-state index in [2.05, 4.69) is 182 Å². The van der Waals surface area contributed by atoms with Crippen molar-refractivity contribution in [2.75, 3.05) is 0 Å². The van der Waals surface area contributed by atoms with Gasteiger partial charge in [-0.2, -0.15) is 0 Å². The lowest BCUT2D eigenvalue weighted by Crippen LogP contribution is -1.90. The van der Waals surface area contributed by atoms with Gasteiger partial charge in [-0.1, -0.05) is 176 Å². The molecule has 0 fully saturated rings. The molecule has 0 aliphatic heterocycles. The lowest BCUT2D eigenvalue weighted by molar-refractivity contribution is 1.58. The Kier molecular flexibility index (Phi) is 6.25. The molecule has 0 spiro atoms. The molecule has 214 valence electrons. The van der Waals surface area contributed by atoms with Gasteiger partial charge in [0.15, 0.2) is 0 Å². The van der Waals surface area contributed by atoms with Crippen LogP contribution < -0.4 is 0 Å². The fourth-order valence-electron chi connectivity index (χ4n) is 7.13. The first-order valence-corrected chi connectivity index (χ1v) is 15.9. The SMILES string of the molecule is c1ccc(-c2ccc(-c3ccc4ccc5c(-c6ccc(-c7cccc(-c8ccccc8)c7)cc6)ccc6ccc3c4c65)cc2)cc1. The maximum atomic E-state index is 2.31. The number of hydrogen-bond acceptors (Lipinski definition) is 0. The molecular weight excluding hydrogens is 553 g/mol. The molecule has 9 aromatic rings. The highest BCUT2D eigenvalue weighted by Crippen LogP contribution is 2.42. The summed E-state index contributed by atoms with van der Waals surface area (Å²) in [5, 5.41) is 7.84. The Labute approximate surface area is 269 Å². The summed E-state index contributed by atoms with van der Waals surface area (Å²) in [4.78, 5) is 0. The Balaban J connectivity index is 1.12. The van der Waals surface area contributed by atoms with E-state index in [0.717, 1.165) is 0 Å². The van der Waals surface area contributed by atoms with E-state index < -0.39 is 0 Å². The summed E-state index contributed by atoms with van der Waals surface area (Å²) in [6.45, 7) is 0. The zero-order valence-corrected chi connectivity index (χ0v) is 25.3. The molecule has 0 unspecified atom stereocenters. The van der Waals surface area contributed by atoms with Crippen LogP contribution in [0.15, 0.2) is 182 Å². The highest BCUT2D eigenvalue weighted by molar-refractivity contribution is 6.27. The minimum absolute atomic E-state index is 1.22. The molecule has 0 heteroatoms. The van der Waals surface area contributed by atoms with E-state index in [4.69, 9.17) is 0 Å². The fourth-order valence-corrected chi connectivity index (χ4v) is 7.13. The molecule has 0 saturated heterocycles. The summed E-state index contributed by atoms with van der Waals surface area (Å²) in [6.07, 6.45) is 0. The molecule has 46 heavy (non-hydrogen) atoms. The van der Waals surface area contributed by atoms with Crippen molar-refractivity contribution in [1.29, 1.82) is 0 Å². The largest absolute Gasteiger partial charge is 0.0622 e. The van der Waals surface area contributed by atoms with Crippen LogP contribution in [0.3, 0.4) is 0 Å². The van der Waals surface area contributed by atoms with Crippen molar-refractivity contribution < 1.29 is 0 Å². The van der Waals surface area contributed by atoms with Gasteiger partial charge in [0.05, 0.1) is 0 Å². The van der Waals surface area contributed by atoms with Gasteiger partial charge in [-0.05, 0) is 94.0 Å². The van der Waals surface area contributed by atoms with Gasteiger partial charge in [-0.3, -0.25) is 0 Å². The van der Waals surface area contributed by atoms with Gasteiger partial charge in [0.25, 0.3) is 0 Å². The predicted molar refractivity (Wildman–Crippen MR) is 197 cm³/mol. The number of benzene rings is 9. The molecule has 0 nitrogen and oxygen atoms in total. The smallest absolute Gasteiger partial charge is 0.00203 e. The molecule has 9 rings (SSSR count). The van der Waals surface area contributed by atoms with Crippen molar-refractivity contribution in [3.05, 3.63) is 182 Å². The van der Waals surface area contributed by atoms with E-state index in [1.807, 2.05) is 0 Å². The first-order chi connectivity index (χ1) is 22.8. The molecule has 0 radical (unpaired) electrons. The zero-order valence-electron chi connectivity index (χ0n) is 25.3. The standard InChI is InChI=1S/C46H30/c1-3-8-31(9-4-1)33-14-18-35(19-15-33)41-26-22-37-25-29-44-42(27-23-38-24-28-43(41)45(37)46(38)44)36-20-16-34(17-21-36)40-13-7-12-39(30-40)32-10-5-2-6-11-32/h1-30H. The van der Waals surface area contributed by atoms with Crippen LogP contribution in [0.2, 0.25) is 0 Å². The van der Waals surface area contributed by atoms with Crippen molar-refractivity contribution >= 4 is 32.3 Å². The third-order valence-electron chi connectivity index (χ3n) is 9.47. The van der Waals surface area contributed by atoms with Gasteiger partial charge in [0.1, 0.15) is 0 Å². The summed E-state index contributed by atoms with van der Waals surface area (Å²) in [7, 11) is 0. The second-order valence-corrected chi connectivity index (χ2v) is 12.1. The van der Waals surface area contributed by atoms with E-state index in [1.54, 1.807) is 0 Å². The second kappa shape index (κ2) is 10.9. The molecule has 0 atom stereocenters. The van der Waals surface area contributed by atoms with Crippen molar-refractivity contribution in [2.24, 2.45) is 0 Å².